The normalized spacial score (nSPS) is 10.5. The van der Waals surface area contributed by atoms with E-state index in [0.29, 0.717) is 0 Å². The first kappa shape index (κ1) is 16.0. The van der Waals surface area contributed by atoms with Crippen molar-refractivity contribution >= 4 is 17.7 Å². The van der Waals surface area contributed by atoms with Gasteiger partial charge in [-0.05, 0) is 12.1 Å². The minimum Gasteiger partial charge on any atom is -0.493 e. The Kier molecular flexibility index (Phi) is 5.25. The summed E-state index contributed by atoms with van der Waals surface area (Å²) in [4.78, 5) is 21.9. The Bertz CT molecular complexity index is 646. The molecule has 1 aromatic rings. The number of nitro benzene ring substituents is 1. The van der Waals surface area contributed by atoms with E-state index in [1.54, 1.807) is 6.07 Å². The van der Waals surface area contributed by atoms with Crippen molar-refractivity contribution in [1.82, 2.24) is 5.32 Å². The molecule has 1 N–H and O–H groups in total. The number of carbonyl (C=O) groups is 1. The average molecular weight is 291 g/mol. The first-order valence-corrected chi connectivity index (χ1v) is 5.72. The van der Waals surface area contributed by atoms with Gasteiger partial charge in [0.05, 0.1) is 30.8 Å². The average Bonchev–Trinajstić information content (AvgIpc) is 2.50. The predicted molar refractivity (Wildman–Crippen MR) is 73.9 cm³/mol. The molecule has 0 spiro atoms. The molecule has 1 aromatic carbocycles. The monoisotopic (exact) mass is 291 g/mol. The van der Waals surface area contributed by atoms with Crippen molar-refractivity contribution in [1.29, 1.82) is 5.26 Å². The Morgan fingerprint density at radius 1 is 1.38 bits per heavy atom. The Morgan fingerprint density at radius 3 is 2.38 bits per heavy atom. The van der Waals surface area contributed by atoms with Crippen LogP contribution in [0.4, 0.5) is 5.69 Å². The Hall–Kier alpha value is -3.08. The van der Waals surface area contributed by atoms with E-state index in [2.05, 4.69) is 5.32 Å². The molecule has 0 heterocycles. The van der Waals surface area contributed by atoms with Gasteiger partial charge in [0.2, 0.25) is 0 Å². The molecule has 110 valence electrons. The lowest BCUT2D eigenvalue weighted by molar-refractivity contribution is -0.385. The summed E-state index contributed by atoms with van der Waals surface area (Å²) < 4.78 is 10.0. The number of amides is 1. The first-order valence-electron chi connectivity index (χ1n) is 5.72. The van der Waals surface area contributed by atoms with Gasteiger partial charge in [-0.15, -0.1) is 0 Å². The molecular formula is C13H13N3O5. The Morgan fingerprint density at radius 2 is 1.95 bits per heavy atom. The van der Waals surface area contributed by atoms with Crippen LogP contribution < -0.4 is 14.8 Å². The van der Waals surface area contributed by atoms with Crippen molar-refractivity contribution in [2.24, 2.45) is 0 Å². The van der Waals surface area contributed by atoms with E-state index in [-0.39, 0.29) is 28.3 Å². The van der Waals surface area contributed by atoms with Gasteiger partial charge in [-0.2, -0.15) is 5.26 Å². The van der Waals surface area contributed by atoms with E-state index in [1.807, 2.05) is 0 Å². The minimum atomic E-state index is -0.637. The molecule has 0 saturated carbocycles. The number of rotatable bonds is 5. The summed E-state index contributed by atoms with van der Waals surface area (Å²) in [6.45, 7) is 0. The van der Waals surface area contributed by atoms with E-state index in [1.165, 1.54) is 33.4 Å². The largest absolute Gasteiger partial charge is 0.493 e. The fourth-order valence-electron chi connectivity index (χ4n) is 1.60. The molecule has 21 heavy (non-hydrogen) atoms. The zero-order valence-electron chi connectivity index (χ0n) is 11.7. The highest BCUT2D eigenvalue weighted by atomic mass is 16.6. The summed E-state index contributed by atoms with van der Waals surface area (Å²) in [5.41, 5.74) is -0.491. The Balaban J connectivity index is 3.53. The highest BCUT2D eigenvalue weighted by Crippen LogP contribution is 2.35. The topological polar surface area (TPSA) is 114 Å². The lowest BCUT2D eigenvalue weighted by Crippen LogP contribution is -2.19. The SMILES string of the molecule is CNC(=O)/C(C#N)=C/c1cc(OC)c(OC)cc1[N+](=O)[O-]. The van der Waals surface area contributed by atoms with Gasteiger partial charge in [0.15, 0.2) is 11.5 Å². The summed E-state index contributed by atoms with van der Waals surface area (Å²) in [7, 11) is 4.08. The molecule has 0 aliphatic rings. The van der Waals surface area contributed by atoms with Crippen LogP contribution in [-0.2, 0) is 4.79 Å². The van der Waals surface area contributed by atoms with Gasteiger partial charge < -0.3 is 14.8 Å². The number of carbonyl (C=O) groups excluding carboxylic acids is 1. The van der Waals surface area contributed by atoms with Crippen molar-refractivity contribution in [3.63, 3.8) is 0 Å². The van der Waals surface area contributed by atoms with Crippen LogP contribution in [0.25, 0.3) is 6.08 Å². The molecule has 8 heteroatoms. The van der Waals surface area contributed by atoms with E-state index in [0.717, 1.165) is 6.08 Å². The lowest BCUT2D eigenvalue weighted by Gasteiger charge is -2.09. The van der Waals surface area contributed by atoms with Crippen LogP contribution in [0.2, 0.25) is 0 Å². The maximum atomic E-state index is 11.5. The van der Waals surface area contributed by atoms with Gasteiger partial charge in [-0.25, -0.2) is 0 Å². The second kappa shape index (κ2) is 6.91. The van der Waals surface area contributed by atoms with Gasteiger partial charge in [-0.3, -0.25) is 14.9 Å². The minimum absolute atomic E-state index is 0.0674. The highest BCUT2D eigenvalue weighted by molar-refractivity contribution is 6.02. The highest BCUT2D eigenvalue weighted by Gasteiger charge is 2.19. The van der Waals surface area contributed by atoms with Crippen LogP contribution >= 0.6 is 0 Å². The third-order valence-corrected chi connectivity index (χ3v) is 2.62. The summed E-state index contributed by atoms with van der Waals surface area (Å²) in [6.07, 6.45) is 1.12. The molecule has 0 aromatic heterocycles. The predicted octanol–water partition coefficient (Wildman–Crippen LogP) is 1.26. The molecule has 0 aliphatic heterocycles. The number of nitriles is 1. The number of likely N-dealkylation sites (N-methyl/N-ethyl adjacent to an activating group) is 1. The Labute approximate surface area is 120 Å². The van der Waals surface area contributed by atoms with Gasteiger partial charge >= 0.3 is 0 Å². The summed E-state index contributed by atoms with van der Waals surface area (Å²) >= 11 is 0. The molecule has 0 radical (unpaired) electrons. The molecule has 1 amide bonds. The molecule has 0 saturated heterocycles. The van der Waals surface area contributed by atoms with Crippen molar-refractivity contribution < 1.29 is 19.2 Å². The van der Waals surface area contributed by atoms with Crippen LogP contribution in [-0.4, -0.2) is 32.1 Å². The van der Waals surface area contributed by atoms with Crippen LogP contribution in [0.15, 0.2) is 17.7 Å². The van der Waals surface area contributed by atoms with Gasteiger partial charge in [-0.1, -0.05) is 0 Å². The lowest BCUT2D eigenvalue weighted by atomic mass is 10.1. The molecule has 8 nitrogen and oxygen atoms in total. The van der Waals surface area contributed by atoms with Gasteiger partial charge in [0.25, 0.3) is 11.6 Å². The molecule has 0 aliphatic carbocycles. The van der Waals surface area contributed by atoms with E-state index in [4.69, 9.17) is 14.7 Å². The number of ether oxygens (including phenoxy) is 2. The third kappa shape index (κ3) is 3.48. The number of methoxy groups -OCH3 is 2. The summed E-state index contributed by atoms with van der Waals surface area (Å²) in [5, 5.41) is 22.3. The van der Waals surface area contributed by atoms with E-state index in [9.17, 15) is 14.9 Å². The van der Waals surface area contributed by atoms with E-state index < -0.39 is 10.8 Å². The second-order valence-electron chi connectivity index (χ2n) is 3.77. The zero-order valence-corrected chi connectivity index (χ0v) is 11.7. The van der Waals surface area contributed by atoms with Crippen molar-refractivity contribution in [2.45, 2.75) is 0 Å². The van der Waals surface area contributed by atoms with Crippen LogP contribution in [0.3, 0.4) is 0 Å². The van der Waals surface area contributed by atoms with Crippen LogP contribution in [0.5, 0.6) is 11.5 Å². The quantitative estimate of drug-likeness (QED) is 0.378. The van der Waals surface area contributed by atoms with Gasteiger partial charge in [0.1, 0.15) is 11.6 Å². The third-order valence-electron chi connectivity index (χ3n) is 2.62. The standard InChI is InChI=1S/C13H13N3O5/c1-15-13(17)9(7-14)4-8-5-11(20-2)12(21-3)6-10(8)16(18)19/h4-6H,1-3H3,(H,15,17)/b9-4+. The van der Waals surface area contributed by atoms with Crippen molar-refractivity contribution in [3.05, 3.63) is 33.4 Å². The van der Waals surface area contributed by atoms with Crippen LogP contribution in [0.1, 0.15) is 5.56 Å². The summed E-state index contributed by atoms with van der Waals surface area (Å²) in [6, 6.07) is 4.19. The van der Waals surface area contributed by atoms with Crippen molar-refractivity contribution in [3.8, 4) is 17.6 Å². The van der Waals surface area contributed by atoms with E-state index >= 15 is 0 Å². The zero-order chi connectivity index (χ0) is 16.0. The van der Waals surface area contributed by atoms with Crippen molar-refractivity contribution in [2.75, 3.05) is 21.3 Å². The summed E-state index contributed by atoms with van der Waals surface area (Å²) in [5.74, 6) is -0.204. The fraction of sp³-hybridized carbons (Fsp3) is 0.231. The molecule has 0 unspecified atom stereocenters. The number of hydrogen-bond acceptors (Lipinski definition) is 6. The first-order chi connectivity index (χ1) is 9.98. The number of nitro groups is 1. The molecule has 1 rings (SSSR count). The molecule has 0 atom stereocenters. The number of benzene rings is 1. The number of nitrogens with one attached hydrogen (secondary N) is 1. The fourth-order valence-corrected chi connectivity index (χ4v) is 1.60. The number of nitrogens with zero attached hydrogens (tertiary/aromatic N) is 2. The maximum Gasteiger partial charge on any atom is 0.280 e. The van der Waals surface area contributed by atoms with Gasteiger partial charge in [0, 0.05) is 7.05 Å². The molecular weight excluding hydrogens is 278 g/mol. The second-order valence-corrected chi connectivity index (χ2v) is 3.77. The molecule has 0 fully saturated rings. The molecule has 0 bridgehead atoms. The number of hydrogen-bond donors (Lipinski definition) is 1. The maximum absolute atomic E-state index is 11.5. The van der Waals surface area contributed by atoms with Crippen LogP contribution in [0, 0.1) is 21.4 Å². The smallest absolute Gasteiger partial charge is 0.280 e.